The molecule has 3 N–H and O–H groups in total. The summed E-state index contributed by atoms with van der Waals surface area (Å²) < 4.78 is 10.7. The van der Waals surface area contributed by atoms with Gasteiger partial charge in [-0.1, -0.05) is 11.2 Å². The first-order valence-electron chi connectivity index (χ1n) is 6.58. The number of hydrogen-bond acceptors (Lipinski definition) is 5. The molecule has 0 saturated carbocycles. The highest BCUT2D eigenvalue weighted by Crippen LogP contribution is 2.22. The molecule has 6 heteroatoms. The lowest BCUT2D eigenvalue weighted by Crippen LogP contribution is -2.22. The van der Waals surface area contributed by atoms with Crippen molar-refractivity contribution in [3.63, 3.8) is 0 Å². The van der Waals surface area contributed by atoms with E-state index in [0.717, 1.165) is 31.6 Å². The minimum Gasteiger partial charge on any atom is -0.496 e. The van der Waals surface area contributed by atoms with Crippen LogP contribution in [0.25, 0.3) is 0 Å². The molecule has 1 unspecified atom stereocenters. The maximum absolute atomic E-state index is 8.75. The Kier molecular flexibility index (Phi) is 4.81. The molecule has 1 saturated heterocycles. The molecule has 20 heavy (non-hydrogen) atoms. The predicted molar refractivity (Wildman–Crippen MR) is 76.2 cm³/mol. The van der Waals surface area contributed by atoms with Crippen molar-refractivity contribution in [1.29, 1.82) is 0 Å². The van der Waals surface area contributed by atoms with Crippen LogP contribution in [-0.2, 0) is 11.3 Å². The molecule has 0 spiro atoms. The number of ether oxygens (including phenoxy) is 2. The average molecular weight is 279 g/mol. The molecule has 1 aromatic carbocycles. The molecule has 0 aromatic heterocycles. The third-order valence-corrected chi connectivity index (χ3v) is 3.62. The molecule has 6 nitrogen and oxygen atoms in total. The zero-order valence-corrected chi connectivity index (χ0v) is 11.9. The number of nitrogens with two attached hydrogens (primary N) is 1. The van der Waals surface area contributed by atoms with Crippen molar-refractivity contribution in [1.82, 2.24) is 4.90 Å². The fourth-order valence-electron chi connectivity index (χ4n) is 2.49. The van der Waals surface area contributed by atoms with E-state index in [-0.39, 0.29) is 5.84 Å². The number of amidine groups is 1. The van der Waals surface area contributed by atoms with Gasteiger partial charge in [-0.15, -0.1) is 0 Å². The average Bonchev–Trinajstić information content (AvgIpc) is 2.94. The molecule has 2 rings (SSSR count). The molecule has 0 amide bonds. The number of rotatable bonds is 5. The summed E-state index contributed by atoms with van der Waals surface area (Å²) in [5, 5.41) is 11.8. The quantitative estimate of drug-likeness (QED) is 0.364. The van der Waals surface area contributed by atoms with Crippen LogP contribution in [0, 0.1) is 0 Å². The van der Waals surface area contributed by atoms with Gasteiger partial charge < -0.3 is 20.4 Å². The van der Waals surface area contributed by atoms with Crippen molar-refractivity contribution in [2.75, 3.05) is 27.3 Å². The first kappa shape index (κ1) is 14.6. The van der Waals surface area contributed by atoms with E-state index in [1.54, 1.807) is 14.2 Å². The highest BCUT2D eigenvalue weighted by molar-refractivity contribution is 5.99. The van der Waals surface area contributed by atoms with Crippen molar-refractivity contribution < 1.29 is 14.7 Å². The van der Waals surface area contributed by atoms with Gasteiger partial charge >= 0.3 is 0 Å². The van der Waals surface area contributed by atoms with Gasteiger partial charge in [0, 0.05) is 26.7 Å². The van der Waals surface area contributed by atoms with Gasteiger partial charge in [-0.05, 0) is 24.1 Å². The molecule has 0 bridgehead atoms. The number of oxime groups is 1. The first-order chi connectivity index (χ1) is 9.67. The van der Waals surface area contributed by atoms with Gasteiger partial charge in [-0.3, -0.25) is 4.90 Å². The molecule has 1 aromatic rings. The van der Waals surface area contributed by atoms with E-state index >= 15 is 0 Å². The Bertz CT molecular complexity index is 491. The van der Waals surface area contributed by atoms with Gasteiger partial charge in [-0.2, -0.15) is 0 Å². The fraction of sp³-hybridized carbons (Fsp3) is 0.500. The van der Waals surface area contributed by atoms with Crippen molar-refractivity contribution in [2.45, 2.75) is 19.1 Å². The smallest absolute Gasteiger partial charge is 0.173 e. The second-order valence-electron chi connectivity index (χ2n) is 4.90. The Morgan fingerprint density at radius 2 is 2.30 bits per heavy atom. The summed E-state index contributed by atoms with van der Waals surface area (Å²) in [6, 6.07) is 5.70. The molecule has 110 valence electrons. The molecule has 1 atom stereocenters. The summed E-state index contributed by atoms with van der Waals surface area (Å²) in [7, 11) is 3.33. The van der Waals surface area contributed by atoms with Crippen LogP contribution in [-0.4, -0.2) is 49.4 Å². The molecular formula is C14H21N3O3. The van der Waals surface area contributed by atoms with E-state index in [4.69, 9.17) is 20.4 Å². The number of benzene rings is 1. The monoisotopic (exact) mass is 279 g/mol. The molecular weight excluding hydrogens is 258 g/mol. The molecule has 1 aliphatic rings. The number of hydrogen-bond donors (Lipinski definition) is 2. The number of likely N-dealkylation sites (tertiary alicyclic amines) is 1. The summed E-state index contributed by atoms with van der Waals surface area (Å²) in [6.07, 6.45) is 1.39. The van der Waals surface area contributed by atoms with Crippen LogP contribution in [0.5, 0.6) is 5.75 Å². The van der Waals surface area contributed by atoms with E-state index in [1.165, 1.54) is 0 Å². The van der Waals surface area contributed by atoms with Gasteiger partial charge in [0.25, 0.3) is 0 Å². The molecule has 0 radical (unpaired) electrons. The Balaban J connectivity index is 2.10. The van der Waals surface area contributed by atoms with Crippen molar-refractivity contribution in [3.8, 4) is 5.75 Å². The van der Waals surface area contributed by atoms with Crippen LogP contribution in [0.4, 0.5) is 0 Å². The normalized spacial score (nSPS) is 20.3. The van der Waals surface area contributed by atoms with E-state index in [9.17, 15) is 0 Å². The second-order valence-corrected chi connectivity index (χ2v) is 4.90. The zero-order valence-electron chi connectivity index (χ0n) is 11.9. The zero-order chi connectivity index (χ0) is 14.5. The fourth-order valence-corrected chi connectivity index (χ4v) is 2.49. The summed E-state index contributed by atoms with van der Waals surface area (Å²) in [4.78, 5) is 2.34. The van der Waals surface area contributed by atoms with Crippen molar-refractivity contribution in [3.05, 3.63) is 29.3 Å². The molecule has 1 fully saturated rings. The lowest BCUT2D eigenvalue weighted by Gasteiger charge is -2.17. The maximum Gasteiger partial charge on any atom is 0.173 e. The minimum atomic E-state index is 0.0500. The topological polar surface area (TPSA) is 80.3 Å². The van der Waals surface area contributed by atoms with Crippen LogP contribution in [0.1, 0.15) is 17.5 Å². The van der Waals surface area contributed by atoms with Gasteiger partial charge in [0.05, 0.1) is 18.8 Å². The van der Waals surface area contributed by atoms with Gasteiger partial charge in [0.15, 0.2) is 5.84 Å². The second kappa shape index (κ2) is 6.58. The van der Waals surface area contributed by atoms with Crippen LogP contribution < -0.4 is 10.5 Å². The summed E-state index contributed by atoms with van der Waals surface area (Å²) in [5.74, 6) is 0.661. The standard InChI is InChI=1S/C14H21N3O3/c1-19-11-5-6-17(9-11)8-10-3-4-12(14(15)16-18)13(7-10)20-2/h3-4,7,11,18H,5-6,8-9H2,1-2H3,(H2,15,16). The summed E-state index contributed by atoms with van der Waals surface area (Å²) in [5.41, 5.74) is 7.34. The largest absolute Gasteiger partial charge is 0.496 e. The van der Waals surface area contributed by atoms with Crippen molar-refractivity contribution >= 4 is 5.84 Å². The van der Waals surface area contributed by atoms with Crippen LogP contribution >= 0.6 is 0 Å². The highest BCUT2D eigenvalue weighted by Gasteiger charge is 2.22. The van der Waals surface area contributed by atoms with E-state index in [1.807, 2.05) is 18.2 Å². The van der Waals surface area contributed by atoms with Gasteiger partial charge in [-0.25, -0.2) is 0 Å². The third-order valence-electron chi connectivity index (χ3n) is 3.62. The number of methoxy groups -OCH3 is 2. The Hall–Kier alpha value is -1.79. The Labute approximate surface area is 118 Å². The predicted octanol–water partition coefficient (Wildman–Crippen LogP) is 1.01. The van der Waals surface area contributed by atoms with Crippen molar-refractivity contribution in [2.24, 2.45) is 10.9 Å². The van der Waals surface area contributed by atoms with Crippen LogP contribution in [0.15, 0.2) is 23.4 Å². The Morgan fingerprint density at radius 1 is 1.50 bits per heavy atom. The van der Waals surface area contributed by atoms with E-state index in [0.29, 0.717) is 17.4 Å². The highest BCUT2D eigenvalue weighted by atomic mass is 16.5. The third kappa shape index (κ3) is 3.20. The van der Waals surface area contributed by atoms with Crippen LogP contribution in [0.3, 0.4) is 0 Å². The lowest BCUT2D eigenvalue weighted by molar-refractivity contribution is 0.107. The van der Waals surface area contributed by atoms with Gasteiger partial charge in [0.1, 0.15) is 5.75 Å². The molecule has 1 aliphatic heterocycles. The summed E-state index contributed by atoms with van der Waals surface area (Å²) in [6.45, 7) is 2.82. The minimum absolute atomic E-state index is 0.0500. The maximum atomic E-state index is 8.75. The number of nitrogens with zero attached hydrogens (tertiary/aromatic N) is 2. The summed E-state index contributed by atoms with van der Waals surface area (Å²) >= 11 is 0. The Morgan fingerprint density at radius 3 is 2.90 bits per heavy atom. The molecule has 0 aliphatic carbocycles. The SMILES string of the molecule is COc1cc(CN2CCC(OC)C2)ccc1/C(N)=N/O. The van der Waals surface area contributed by atoms with Gasteiger partial charge in [0.2, 0.25) is 0 Å². The first-order valence-corrected chi connectivity index (χ1v) is 6.58. The lowest BCUT2D eigenvalue weighted by atomic mass is 10.1. The molecule has 1 heterocycles. The van der Waals surface area contributed by atoms with E-state index < -0.39 is 0 Å². The van der Waals surface area contributed by atoms with E-state index in [2.05, 4.69) is 10.1 Å². The van der Waals surface area contributed by atoms with Crippen LogP contribution in [0.2, 0.25) is 0 Å².